The number of carbonyl (C=O) groups is 1. The Morgan fingerprint density at radius 1 is 1.29 bits per heavy atom. The van der Waals surface area contributed by atoms with E-state index in [1.807, 2.05) is 0 Å². The van der Waals surface area contributed by atoms with Gasteiger partial charge in [0.15, 0.2) is 0 Å². The van der Waals surface area contributed by atoms with Crippen LogP contribution in [0.25, 0.3) is 6.08 Å². The maximum Gasteiger partial charge on any atom is 0.346 e. The third-order valence-electron chi connectivity index (χ3n) is 1.55. The maximum atomic E-state index is 10.5. The van der Waals surface area contributed by atoms with Crippen molar-refractivity contribution in [3.8, 4) is 17.9 Å². The lowest BCUT2D eigenvalue weighted by Crippen LogP contribution is -1.97. The van der Waals surface area contributed by atoms with Crippen LogP contribution in [0.2, 0.25) is 0 Å². The third-order valence-corrected chi connectivity index (χ3v) is 1.55. The van der Waals surface area contributed by atoms with E-state index in [2.05, 4.69) is 0 Å². The Labute approximate surface area is 98.5 Å². The maximum absolute atomic E-state index is 10.5. The van der Waals surface area contributed by atoms with Gasteiger partial charge >= 0.3 is 5.97 Å². The molecule has 0 radical (unpaired) electrons. The first-order valence-electron chi connectivity index (χ1n) is 4.50. The number of hydrogen-bond acceptors (Lipinski definition) is 4. The molecule has 0 bridgehead atoms. The van der Waals surface area contributed by atoms with Crippen LogP contribution in [0, 0.1) is 22.7 Å². The van der Waals surface area contributed by atoms with Crippen LogP contribution in [-0.4, -0.2) is 16.2 Å². The molecule has 0 saturated heterocycles. The van der Waals surface area contributed by atoms with Crippen LogP contribution in [0.5, 0.6) is 5.75 Å². The average Bonchev–Trinajstić information content (AvgIpc) is 2.29. The number of hydrogen-bond donors (Lipinski definition) is 2. The van der Waals surface area contributed by atoms with Crippen LogP contribution in [-0.2, 0) is 4.79 Å². The van der Waals surface area contributed by atoms with E-state index < -0.39 is 5.97 Å². The standard InChI is InChI=1S/C10H7NO3.C2H3N/c11-6-8(10(13)14)5-7-1-3-9(12)4-2-7;1-2-3/h1-5,12H,(H,13,14);1H3. The zero-order chi connectivity index (χ0) is 13.3. The molecule has 86 valence electrons. The number of phenolic OH excluding ortho intramolecular Hbond substituents is 1. The van der Waals surface area contributed by atoms with Gasteiger partial charge in [0.05, 0.1) is 6.07 Å². The smallest absolute Gasteiger partial charge is 0.346 e. The number of phenols is 1. The highest BCUT2D eigenvalue weighted by molar-refractivity contribution is 5.96. The number of nitrogens with zero attached hydrogens (tertiary/aromatic N) is 2. The Morgan fingerprint density at radius 3 is 2.12 bits per heavy atom. The first kappa shape index (κ1) is 14.2. The Kier molecular flexibility index (Phi) is 6.26. The van der Waals surface area contributed by atoms with E-state index in [-0.39, 0.29) is 11.3 Å². The second-order valence-corrected chi connectivity index (χ2v) is 2.79. The number of carboxylic acids is 1. The summed E-state index contributed by atoms with van der Waals surface area (Å²) in [5.74, 6) is -1.17. The van der Waals surface area contributed by atoms with Gasteiger partial charge in [0.2, 0.25) is 0 Å². The number of nitriles is 2. The average molecular weight is 230 g/mol. The molecule has 1 aromatic carbocycles. The molecule has 0 atom stereocenters. The number of aromatic hydroxyl groups is 1. The number of aliphatic carboxylic acids is 1. The molecule has 0 spiro atoms. The summed E-state index contributed by atoms with van der Waals surface area (Å²) in [6.07, 6.45) is 1.24. The van der Waals surface area contributed by atoms with E-state index >= 15 is 0 Å². The molecule has 0 heterocycles. The summed E-state index contributed by atoms with van der Waals surface area (Å²) < 4.78 is 0. The van der Waals surface area contributed by atoms with Gasteiger partial charge in [-0.3, -0.25) is 0 Å². The van der Waals surface area contributed by atoms with Gasteiger partial charge in [-0.25, -0.2) is 4.79 Å². The largest absolute Gasteiger partial charge is 0.508 e. The second kappa shape index (κ2) is 7.49. The molecule has 5 nitrogen and oxygen atoms in total. The van der Waals surface area contributed by atoms with Crippen molar-refractivity contribution < 1.29 is 15.0 Å². The summed E-state index contributed by atoms with van der Waals surface area (Å²) in [6, 6.07) is 9.20. The lowest BCUT2D eigenvalue weighted by Gasteiger charge is -1.94. The van der Waals surface area contributed by atoms with Crippen LogP contribution < -0.4 is 0 Å². The van der Waals surface area contributed by atoms with Gasteiger partial charge in [-0.05, 0) is 23.8 Å². The van der Waals surface area contributed by atoms with Gasteiger partial charge in [-0.15, -0.1) is 0 Å². The highest BCUT2D eigenvalue weighted by Crippen LogP contribution is 2.12. The third kappa shape index (κ3) is 5.60. The quantitative estimate of drug-likeness (QED) is 0.596. The number of rotatable bonds is 2. The minimum atomic E-state index is -1.26. The van der Waals surface area contributed by atoms with E-state index in [1.165, 1.54) is 37.3 Å². The SMILES string of the molecule is CC#N.N#CC(=Cc1ccc(O)cc1)C(=O)O. The predicted molar refractivity (Wildman–Crippen MR) is 60.6 cm³/mol. The zero-order valence-corrected chi connectivity index (χ0v) is 9.08. The van der Waals surface area contributed by atoms with E-state index in [0.717, 1.165) is 0 Å². The summed E-state index contributed by atoms with van der Waals surface area (Å²) in [5, 5.41) is 33.3. The van der Waals surface area contributed by atoms with Crippen molar-refractivity contribution in [1.29, 1.82) is 10.5 Å². The Hall–Kier alpha value is -2.79. The Bertz CT molecular complexity index is 490. The summed E-state index contributed by atoms with van der Waals surface area (Å²) in [4.78, 5) is 10.5. The van der Waals surface area contributed by atoms with E-state index in [9.17, 15) is 4.79 Å². The Morgan fingerprint density at radius 2 is 1.76 bits per heavy atom. The number of benzene rings is 1. The van der Waals surface area contributed by atoms with Crippen LogP contribution in [0.3, 0.4) is 0 Å². The van der Waals surface area contributed by atoms with Gasteiger partial charge in [0, 0.05) is 6.92 Å². The van der Waals surface area contributed by atoms with Crippen LogP contribution >= 0.6 is 0 Å². The van der Waals surface area contributed by atoms with Crippen molar-refractivity contribution in [2.24, 2.45) is 0 Å². The molecule has 1 rings (SSSR count). The van der Waals surface area contributed by atoms with Crippen molar-refractivity contribution in [2.45, 2.75) is 6.92 Å². The zero-order valence-electron chi connectivity index (χ0n) is 9.08. The molecular formula is C12H10N2O3. The fourth-order valence-electron chi connectivity index (χ4n) is 0.879. The van der Waals surface area contributed by atoms with Crippen molar-refractivity contribution in [1.82, 2.24) is 0 Å². The van der Waals surface area contributed by atoms with Gasteiger partial charge in [0.25, 0.3) is 0 Å². The molecule has 5 heteroatoms. The molecule has 0 unspecified atom stereocenters. The van der Waals surface area contributed by atoms with Crippen molar-refractivity contribution >= 4 is 12.0 Å². The van der Waals surface area contributed by atoms with Gasteiger partial charge in [0.1, 0.15) is 17.4 Å². The minimum Gasteiger partial charge on any atom is -0.508 e. The summed E-state index contributed by atoms with van der Waals surface area (Å²) in [7, 11) is 0. The lowest BCUT2D eigenvalue weighted by atomic mass is 10.1. The monoisotopic (exact) mass is 230 g/mol. The second-order valence-electron chi connectivity index (χ2n) is 2.79. The topological polar surface area (TPSA) is 105 Å². The van der Waals surface area contributed by atoms with Crippen molar-refractivity contribution in [2.75, 3.05) is 0 Å². The van der Waals surface area contributed by atoms with Gasteiger partial charge in [-0.1, -0.05) is 12.1 Å². The molecule has 2 N–H and O–H groups in total. The van der Waals surface area contributed by atoms with E-state index in [1.54, 1.807) is 12.1 Å². The lowest BCUT2D eigenvalue weighted by molar-refractivity contribution is -0.132. The molecule has 1 aromatic rings. The molecule has 0 saturated carbocycles. The van der Waals surface area contributed by atoms with E-state index in [0.29, 0.717) is 5.56 Å². The summed E-state index contributed by atoms with van der Waals surface area (Å²) in [5.41, 5.74) is 0.220. The highest BCUT2D eigenvalue weighted by atomic mass is 16.4. The first-order chi connectivity index (χ1) is 8.04. The molecule has 0 amide bonds. The summed E-state index contributed by atoms with van der Waals surface area (Å²) in [6.45, 7) is 1.43. The normalized spacial score (nSPS) is 9.24. The fourth-order valence-corrected chi connectivity index (χ4v) is 0.879. The Balaban J connectivity index is 0.000000770. The molecule has 0 aliphatic carbocycles. The van der Waals surface area contributed by atoms with E-state index in [4.69, 9.17) is 20.7 Å². The predicted octanol–water partition coefficient (Wildman–Crippen LogP) is 1.91. The van der Waals surface area contributed by atoms with Gasteiger partial charge < -0.3 is 10.2 Å². The molecule has 0 aliphatic rings. The first-order valence-corrected chi connectivity index (χ1v) is 4.50. The molecule has 0 aromatic heterocycles. The minimum absolute atomic E-state index is 0.0935. The highest BCUT2D eigenvalue weighted by Gasteiger charge is 2.04. The number of carboxylic acid groups (broad SMARTS) is 1. The van der Waals surface area contributed by atoms with Gasteiger partial charge in [-0.2, -0.15) is 10.5 Å². The molecule has 17 heavy (non-hydrogen) atoms. The molecule has 0 aliphatic heterocycles. The molecule has 0 fully saturated rings. The van der Waals surface area contributed by atoms with Crippen LogP contribution in [0.1, 0.15) is 12.5 Å². The summed E-state index contributed by atoms with van der Waals surface area (Å²) >= 11 is 0. The fraction of sp³-hybridized carbons (Fsp3) is 0.0833. The molecular weight excluding hydrogens is 220 g/mol. The van der Waals surface area contributed by atoms with Crippen LogP contribution in [0.4, 0.5) is 0 Å². The van der Waals surface area contributed by atoms with Crippen molar-refractivity contribution in [3.05, 3.63) is 35.4 Å². The van der Waals surface area contributed by atoms with Crippen molar-refractivity contribution in [3.63, 3.8) is 0 Å². The van der Waals surface area contributed by atoms with Crippen LogP contribution in [0.15, 0.2) is 29.8 Å².